The Balaban J connectivity index is 1.10. The fourth-order valence-electron chi connectivity index (χ4n) is 8.47. The summed E-state index contributed by atoms with van der Waals surface area (Å²) >= 11 is 0. The van der Waals surface area contributed by atoms with Crippen LogP contribution in [0.4, 0.5) is 4.39 Å². The summed E-state index contributed by atoms with van der Waals surface area (Å²) in [5.74, 6) is -0.263. The highest BCUT2D eigenvalue weighted by molar-refractivity contribution is 5.95. The van der Waals surface area contributed by atoms with Gasteiger partial charge in [-0.1, -0.05) is 146 Å². The zero-order valence-electron chi connectivity index (χ0n) is 29.3. The molecule has 254 valence electrons. The van der Waals surface area contributed by atoms with E-state index in [0.717, 1.165) is 55.5 Å². The minimum absolute atomic E-state index is 0.263. The van der Waals surface area contributed by atoms with E-state index < -0.39 is 5.41 Å². The van der Waals surface area contributed by atoms with E-state index in [9.17, 15) is 0 Å². The van der Waals surface area contributed by atoms with Crippen LogP contribution in [-0.2, 0) is 5.41 Å². The number of rotatable bonds is 6. The summed E-state index contributed by atoms with van der Waals surface area (Å²) in [6.45, 7) is 0. The summed E-state index contributed by atoms with van der Waals surface area (Å²) in [5.41, 5.74) is 14.1. The molecule has 0 radical (unpaired) electrons. The number of hydrogen-bond acceptors (Lipinski definition) is 2. The predicted octanol–water partition coefficient (Wildman–Crippen LogP) is 12.8. The smallest absolute Gasteiger partial charge is 0.131 e. The second-order valence-electron chi connectivity index (χ2n) is 13.9. The monoisotopic (exact) mass is 692 g/mol. The first-order chi connectivity index (χ1) is 26.7. The van der Waals surface area contributed by atoms with Crippen LogP contribution >= 0.6 is 0 Å². The van der Waals surface area contributed by atoms with E-state index >= 15 is 4.39 Å². The minimum atomic E-state index is -0.576. The molecule has 0 N–H and O–H groups in total. The first kappa shape index (κ1) is 31.7. The van der Waals surface area contributed by atoms with Crippen molar-refractivity contribution in [3.8, 4) is 55.9 Å². The molecule has 2 aromatic heterocycles. The Bertz CT molecular complexity index is 2770. The SMILES string of the molecule is Fc1ccc(-c2nccc3ccccc23)cc1-c1ccc(C2(c3ccc(-c4cccc(-c5ccccn5)c4)cc3)c3ccccc3-c3ccccc32)cc1. The van der Waals surface area contributed by atoms with Crippen molar-refractivity contribution in [1.29, 1.82) is 0 Å². The summed E-state index contributed by atoms with van der Waals surface area (Å²) in [4.78, 5) is 9.28. The quantitative estimate of drug-likeness (QED) is 0.173. The lowest BCUT2D eigenvalue weighted by Gasteiger charge is -2.34. The second-order valence-corrected chi connectivity index (χ2v) is 13.9. The minimum Gasteiger partial charge on any atom is -0.256 e. The van der Waals surface area contributed by atoms with Crippen LogP contribution in [0.25, 0.3) is 66.7 Å². The van der Waals surface area contributed by atoms with Gasteiger partial charge in [0.15, 0.2) is 0 Å². The van der Waals surface area contributed by atoms with E-state index in [1.54, 1.807) is 6.07 Å². The first-order valence-corrected chi connectivity index (χ1v) is 18.2. The van der Waals surface area contributed by atoms with Gasteiger partial charge in [-0.2, -0.15) is 0 Å². The van der Waals surface area contributed by atoms with Crippen LogP contribution in [0, 0.1) is 5.82 Å². The topological polar surface area (TPSA) is 25.8 Å². The number of fused-ring (bicyclic) bond motifs is 4. The maximum absolute atomic E-state index is 15.7. The van der Waals surface area contributed by atoms with Gasteiger partial charge < -0.3 is 0 Å². The van der Waals surface area contributed by atoms with Crippen LogP contribution in [0.3, 0.4) is 0 Å². The lowest BCUT2D eigenvalue weighted by Crippen LogP contribution is -2.28. The predicted molar refractivity (Wildman–Crippen MR) is 219 cm³/mol. The van der Waals surface area contributed by atoms with E-state index in [1.807, 2.05) is 60.9 Å². The highest BCUT2D eigenvalue weighted by atomic mass is 19.1. The molecule has 0 bridgehead atoms. The lowest BCUT2D eigenvalue weighted by molar-refractivity contribution is 0.631. The Morgan fingerprint density at radius 3 is 1.74 bits per heavy atom. The van der Waals surface area contributed by atoms with E-state index in [-0.39, 0.29) is 5.82 Å². The van der Waals surface area contributed by atoms with E-state index in [2.05, 4.69) is 138 Å². The van der Waals surface area contributed by atoms with Gasteiger partial charge in [0.1, 0.15) is 5.82 Å². The Morgan fingerprint density at radius 2 is 1.02 bits per heavy atom. The summed E-state index contributed by atoms with van der Waals surface area (Å²) in [5, 5.41) is 2.14. The molecule has 0 amide bonds. The molecule has 1 aliphatic rings. The number of aromatic nitrogens is 2. The highest BCUT2D eigenvalue weighted by Gasteiger charge is 2.45. The third-order valence-corrected chi connectivity index (χ3v) is 11.0. The fourth-order valence-corrected chi connectivity index (χ4v) is 8.47. The zero-order chi connectivity index (χ0) is 36.1. The Hall–Kier alpha value is -6.97. The van der Waals surface area contributed by atoms with Gasteiger partial charge >= 0.3 is 0 Å². The summed E-state index contributed by atoms with van der Waals surface area (Å²) in [7, 11) is 0. The molecule has 0 aliphatic heterocycles. The van der Waals surface area contributed by atoms with Crippen LogP contribution in [0.15, 0.2) is 200 Å². The number of hydrogen-bond donors (Lipinski definition) is 0. The molecule has 9 aromatic rings. The molecular formula is C51H33FN2. The van der Waals surface area contributed by atoms with E-state index in [1.165, 1.54) is 27.8 Å². The Labute approximate surface area is 313 Å². The normalized spacial score (nSPS) is 12.7. The molecule has 0 spiro atoms. The number of nitrogens with zero attached hydrogens (tertiary/aromatic N) is 2. The van der Waals surface area contributed by atoms with Gasteiger partial charge in [-0.3, -0.25) is 9.97 Å². The third-order valence-electron chi connectivity index (χ3n) is 11.0. The molecule has 0 atom stereocenters. The van der Waals surface area contributed by atoms with Gasteiger partial charge in [-0.05, 0) is 97.9 Å². The molecule has 10 rings (SSSR count). The van der Waals surface area contributed by atoms with Crippen molar-refractivity contribution in [2.24, 2.45) is 0 Å². The van der Waals surface area contributed by atoms with Crippen molar-refractivity contribution in [1.82, 2.24) is 9.97 Å². The van der Waals surface area contributed by atoms with Crippen molar-refractivity contribution < 1.29 is 4.39 Å². The molecular weight excluding hydrogens is 660 g/mol. The molecule has 7 aromatic carbocycles. The van der Waals surface area contributed by atoms with Crippen LogP contribution in [0.5, 0.6) is 0 Å². The average Bonchev–Trinajstić information content (AvgIpc) is 3.55. The summed E-state index contributed by atoms with van der Waals surface area (Å²) in [6.07, 6.45) is 3.65. The van der Waals surface area contributed by atoms with Gasteiger partial charge in [-0.25, -0.2) is 4.39 Å². The number of pyridine rings is 2. The zero-order valence-corrected chi connectivity index (χ0v) is 29.3. The molecule has 1 aliphatic carbocycles. The number of benzene rings is 7. The van der Waals surface area contributed by atoms with Crippen LogP contribution in [0.1, 0.15) is 22.3 Å². The van der Waals surface area contributed by atoms with Crippen molar-refractivity contribution in [2.45, 2.75) is 5.41 Å². The maximum atomic E-state index is 15.7. The van der Waals surface area contributed by atoms with Crippen LogP contribution < -0.4 is 0 Å². The molecule has 3 heteroatoms. The number of halogens is 1. The lowest BCUT2D eigenvalue weighted by atomic mass is 9.67. The van der Waals surface area contributed by atoms with Crippen LogP contribution in [0.2, 0.25) is 0 Å². The van der Waals surface area contributed by atoms with Crippen molar-refractivity contribution in [3.63, 3.8) is 0 Å². The first-order valence-electron chi connectivity index (χ1n) is 18.2. The molecule has 54 heavy (non-hydrogen) atoms. The molecule has 0 unspecified atom stereocenters. The van der Waals surface area contributed by atoms with Gasteiger partial charge in [0.25, 0.3) is 0 Å². The summed E-state index contributed by atoms with van der Waals surface area (Å²) in [6, 6.07) is 65.0. The van der Waals surface area contributed by atoms with Gasteiger partial charge in [0.05, 0.1) is 16.8 Å². The summed E-state index contributed by atoms with van der Waals surface area (Å²) < 4.78 is 15.7. The van der Waals surface area contributed by atoms with Crippen molar-refractivity contribution in [2.75, 3.05) is 0 Å². The van der Waals surface area contributed by atoms with E-state index in [0.29, 0.717) is 5.56 Å². The molecule has 0 saturated carbocycles. The maximum Gasteiger partial charge on any atom is 0.131 e. The van der Waals surface area contributed by atoms with Crippen molar-refractivity contribution in [3.05, 3.63) is 229 Å². The van der Waals surface area contributed by atoms with E-state index in [4.69, 9.17) is 4.98 Å². The Kier molecular flexibility index (Phi) is 7.59. The van der Waals surface area contributed by atoms with Crippen LogP contribution in [-0.4, -0.2) is 9.97 Å². The van der Waals surface area contributed by atoms with Gasteiger partial charge in [-0.15, -0.1) is 0 Å². The molecule has 2 nitrogen and oxygen atoms in total. The highest BCUT2D eigenvalue weighted by Crippen LogP contribution is 2.56. The Morgan fingerprint density at radius 1 is 0.389 bits per heavy atom. The average molecular weight is 693 g/mol. The van der Waals surface area contributed by atoms with Crippen molar-refractivity contribution >= 4 is 10.8 Å². The fraction of sp³-hybridized carbons (Fsp3) is 0.0196. The largest absolute Gasteiger partial charge is 0.256 e. The standard InChI is InChI=1S/C51H33FN2/c52-48-28-23-39(50-42-13-2-1-10-35(42)29-31-54-50)33-45(48)36-21-26-41(27-22-36)51(46-16-5-3-14-43(46)44-15-4-6-17-47(44)51)40-24-19-34(20-25-40)37-11-9-12-38(32-37)49-18-7-8-30-53-49/h1-33H. The molecule has 0 fully saturated rings. The molecule has 2 heterocycles. The second kappa shape index (κ2) is 12.9. The third kappa shape index (κ3) is 5.08. The van der Waals surface area contributed by atoms with Gasteiger partial charge in [0, 0.05) is 34.5 Å². The van der Waals surface area contributed by atoms with Gasteiger partial charge in [0.2, 0.25) is 0 Å². The molecule has 0 saturated heterocycles.